The van der Waals surface area contributed by atoms with E-state index in [-0.39, 0.29) is 17.7 Å². The Kier molecular flexibility index (Phi) is 6.89. The summed E-state index contributed by atoms with van der Waals surface area (Å²) in [6.07, 6.45) is 6.25. The summed E-state index contributed by atoms with van der Waals surface area (Å²) in [5, 5.41) is 12.0. The van der Waals surface area contributed by atoms with E-state index in [0.29, 0.717) is 18.8 Å². The summed E-state index contributed by atoms with van der Waals surface area (Å²) >= 11 is 0. The molecule has 0 aromatic heterocycles. The molecule has 0 radical (unpaired) electrons. The zero-order valence-corrected chi connectivity index (χ0v) is 12.2. The van der Waals surface area contributed by atoms with Gasteiger partial charge in [0, 0.05) is 12.5 Å². The van der Waals surface area contributed by atoms with Gasteiger partial charge in [-0.1, -0.05) is 33.1 Å². The van der Waals surface area contributed by atoms with Crippen LogP contribution in [0, 0.1) is 17.8 Å². The largest absolute Gasteiger partial charge is 0.481 e. The summed E-state index contributed by atoms with van der Waals surface area (Å²) in [5.41, 5.74) is 0. The Hall–Kier alpha value is -1.06. The van der Waals surface area contributed by atoms with Crippen molar-refractivity contribution in [2.45, 2.75) is 58.8 Å². The minimum absolute atomic E-state index is 0.0514. The summed E-state index contributed by atoms with van der Waals surface area (Å²) < 4.78 is 0. The Labute approximate surface area is 116 Å². The normalized spacial score (nSPS) is 23.3. The van der Waals surface area contributed by atoms with E-state index in [1.54, 1.807) is 0 Å². The van der Waals surface area contributed by atoms with E-state index in [2.05, 4.69) is 19.2 Å². The van der Waals surface area contributed by atoms with Crippen LogP contribution in [0.1, 0.15) is 58.8 Å². The molecule has 0 saturated heterocycles. The molecule has 0 bridgehead atoms. The van der Waals surface area contributed by atoms with Crippen LogP contribution in [-0.2, 0) is 9.59 Å². The number of amides is 1. The van der Waals surface area contributed by atoms with Crippen LogP contribution in [0.25, 0.3) is 0 Å². The van der Waals surface area contributed by atoms with Gasteiger partial charge in [0.05, 0.1) is 5.92 Å². The third-order valence-corrected chi connectivity index (χ3v) is 3.90. The molecule has 2 unspecified atom stereocenters. The Balaban J connectivity index is 2.20. The van der Waals surface area contributed by atoms with Crippen molar-refractivity contribution in [1.29, 1.82) is 0 Å². The maximum absolute atomic E-state index is 12.0. The standard InChI is InChI=1S/C15H27NO3/c1-11(2)6-3-4-9-16-14(17)12-7-5-8-13(10-12)15(18)19/h11-13H,3-10H2,1-2H3,(H,16,17)(H,18,19). The number of rotatable bonds is 7. The highest BCUT2D eigenvalue weighted by molar-refractivity contribution is 5.80. The molecule has 1 aliphatic rings. The maximum atomic E-state index is 12.0. The number of carbonyl (C=O) groups excluding carboxylic acids is 1. The van der Waals surface area contributed by atoms with Crippen molar-refractivity contribution in [3.05, 3.63) is 0 Å². The minimum atomic E-state index is -0.755. The maximum Gasteiger partial charge on any atom is 0.306 e. The lowest BCUT2D eigenvalue weighted by Gasteiger charge is -2.25. The first-order chi connectivity index (χ1) is 9.00. The zero-order chi connectivity index (χ0) is 14.3. The van der Waals surface area contributed by atoms with Gasteiger partial charge in [0.1, 0.15) is 0 Å². The highest BCUT2D eigenvalue weighted by Gasteiger charge is 2.30. The van der Waals surface area contributed by atoms with Crippen LogP contribution in [0.3, 0.4) is 0 Å². The van der Waals surface area contributed by atoms with Gasteiger partial charge >= 0.3 is 5.97 Å². The summed E-state index contributed by atoms with van der Waals surface area (Å²) in [6.45, 7) is 5.12. The zero-order valence-electron chi connectivity index (χ0n) is 12.2. The van der Waals surface area contributed by atoms with Gasteiger partial charge in [-0.2, -0.15) is 0 Å². The quantitative estimate of drug-likeness (QED) is 0.698. The van der Waals surface area contributed by atoms with Crippen LogP contribution in [0.15, 0.2) is 0 Å². The lowest BCUT2D eigenvalue weighted by atomic mass is 9.81. The second-order valence-corrected chi connectivity index (χ2v) is 6.08. The molecular weight excluding hydrogens is 242 g/mol. The molecule has 4 heteroatoms. The number of hydrogen-bond donors (Lipinski definition) is 2. The number of hydrogen-bond acceptors (Lipinski definition) is 2. The molecule has 2 N–H and O–H groups in total. The Morgan fingerprint density at radius 2 is 1.89 bits per heavy atom. The number of aliphatic carboxylic acids is 1. The third kappa shape index (κ3) is 6.08. The van der Waals surface area contributed by atoms with E-state index in [1.807, 2.05) is 0 Å². The van der Waals surface area contributed by atoms with Crippen LogP contribution in [0.2, 0.25) is 0 Å². The second-order valence-electron chi connectivity index (χ2n) is 6.08. The fraction of sp³-hybridized carbons (Fsp3) is 0.867. The predicted molar refractivity (Wildman–Crippen MR) is 74.8 cm³/mol. The van der Waals surface area contributed by atoms with Gasteiger partial charge in [0.2, 0.25) is 5.91 Å². The Morgan fingerprint density at radius 3 is 2.53 bits per heavy atom. The third-order valence-electron chi connectivity index (χ3n) is 3.90. The molecule has 0 heterocycles. The Morgan fingerprint density at radius 1 is 1.21 bits per heavy atom. The molecule has 0 aromatic carbocycles. The first-order valence-electron chi connectivity index (χ1n) is 7.51. The molecular formula is C15H27NO3. The number of carboxylic acid groups (broad SMARTS) is 1. The van der Waals surface area contributed by atoms with E-state index in [0.717, 1.165) is 32.2 Å². The smallest absolute Gasteiger partial charge is 0.306 e. The van der Waals surface area contributed by atoms with Crippen molar-refractivity contribution >= 4 is 11.9 Å². The average Bonchev–Trinajstić information content (AvgIpc) is 2.37. The van der Waals surface area contributed by atoms with Crippen molar-refractivity contribution in [3.8, 4) is 0 Å². The van der Waals surface area contributed by atoms with Crippen LogP contribution in [0.4, 0.5) is 0 Å². The number of carbonyl (C=O) groups is 2. The molecule has 19 heavy (non-hydrogen) atoms. The molecule has 2 atom stereocenters. The van der Waals surface area contributed by atoms with Gasteiger partial charge in [-0.25, -0.2) is 0 Å². The summed E-state index contributed by atoms with van der Waals surface area (Å²) in [6, 6.07) is 0. The van der Waals surface area contributed by atoms with Gasteiger partial charge in [-0.3, -0.25) is 9.59 Å². The van der Waals surface area contributed by atoms with Crippen molar-refractivity contribution in [1.82, 2.24) is 5.32 Å². The van der Waals surface area contributed by atoms with E-state index in [9.17, 15) is 9.59 Å². The fourth-order valence-electron chi connectivity index (χ4n) is 2.69. The van der Waals surface area contributed by atoms with Crippen LogP contribution < -0.4 is 5.32 Å². The lowest BCUT2D eigenvalue weighted by Crippen LogP contribution is -2.35. The van der Waals surface area contributed by atoms with Gasteiger partial charge in [0.25, 0.3) is 0 Å². The lowest BCUT2D eigenvalue weighted by molar-refractivity contribution is -0.144. The molecule has 1 rings (SSSR count). The van der Waals surface area contributed by atoms with Crippen LogP contribution in [-0.4, -0.2) is 23.5 Å². The van der Waals surface area contributed by atoms with E-state index >= 15 is 0 Å². The molecule has 1 fully saturated rings. The van der Waals surface area contributed by atoms with Gasteiger partial charge in [-0.15, -0.1) is 0 Å². The van der Waals surface area contributed by atoms with Gasteiger partial charge < -0.3 is 10.4 Å². The number of carboxylic acids is 1. The first kappa shape index (κ1) is 16.0. The summed E-state index contributed by atoms with van der Waals surface area (Å²) in [7, 11) is 0. The second kappa shape index (κ2) is 8.18. The summed E-state index contributed by atoms with van der Waals surface area (Å²) in [5.74, 6) is -0.416. The van der Waals surface area contributed by atoms with E-state index < -0.39 is 5.97 Å². The molecule has 0 aliphatic heterocycles. The molecule has 0 aromatic rings. The summed E-state index contributed by atoms with van der Waals surface area (Å²) in [4.78, 5) is 22.9. The van der Waals surface area contributed by atoms with Crippen molar-refractivity contribution in [2.75, 3.05) is 6.54 Å². The van der Waals surface area contributed by atoms with Crippen molar-refractivity contribution in [2.24, 2.45) is 17.8 Å². The molecule has 1 aliphatic carbocycles. The number of nitrogens with one attached hydrogen (secondary N) is 1. The topological polar surface area (TPSA) is 66.4 Å². The van der Waals surface area contributed by atoms with Crippen molar-refractivity contribution in [3.63, 3.8) is 0 Å². The Bertz CT molecular complexity index is 302. The highest BCUT2D eigenvalue weighted by Crippen LogP contribution is 2.29. The molecule has 110 valence electrons. The minimum Gasteiger partial charge on any atom is -0.481 e. The molecule has 0 spiro atoms. The van der Waals surface area contributed by atoms with Crippen LogP contribution >= 0.6 is 0 Å². The van der Waals surface area contributed by atoms with Gasteiger partial charge in [0.15, 0.2) is 0 Å². The van der Waals surface area contributed by atoms with E-state index in [1.165, 1.54) is 6.42 Å². The van der Waals surface area contributed by atoms with E-state index in [4.69, 9.17) is 5.11 Å². The van der Waals surface area contributed by atoms with Crippen molar-refractivity contribution < 1.29 is 14.7 Å². The monoisotopic (exact) mass is 269 g/mol. The molecule has 1 saturated carbocycles. The molecule has 4 nitrogen and oxygen atoms in total. The predicted octanol–water partition coefficient (Wildman–Crippen LogP) is 2.82. The fourth-order valence-corrected chi connectivity index (χ4v) is 2.69. The van der Waals surface area contributed by atoms with Gasteiger partial charge in [-0.05, 0) is 31.6 Å². The molecule has 1 amide bonds. The average molecular weight is 269 g/mol. The van der Waals surface area contributed by atoms with Crippen LogP contribution in [0.5, 0.6) is 0 Å². The number of unbranched alkanes of at least 4 members (excludes halogenated alkanes) is 1. The first-order valence-corrected chi connectivity index (χ1v) is 7.51. The SMILES string of the molecule is CC(C)CCCCNC(=O)C1CCCC(C(=O)O)C1. The highest BCUT2D eigenvalue weighted by atomic mass is 16.4.